The first-order valence-corrected chi connectivity index (χ1v) is 29.6. The number of rotatable bonds is 8. The summed E-state index contributed by atoms with van der Waals surface area (Å²) in [7, 11) is 0. The molecule has 0 unspecified atom stereocenters. The summed E-state index contributed by atoms with van der Waals surface area (Å²) < 4.78 is 7.28. The third kappa shape index (κ3) is 7.10. The molecule has 1 heterocycles. The van der Waals surface area contributed by atoms with Crippen LogP contribution in [-0.2, 0) is 10.8 Å². The zero-order valence-corrected chi connectivity index (χ0v) is 45.3. The lowest BCUT2D eigenvalue weighted by molar-refractivity contribution is 0.433. The van der Waals surface area contributed by atoms with Crippen LogP contribution in [0.25, 0.3) is 44.2 Å². The van der Waals surface area contributed by atoms with Crippen molar-refractivity contribution >= 4 is 27.8 Å². The zero-order chi connectivity index (χ0) is 52.8. The van der Waals surface area contributed by atoms with Gasteiger partial charge in [-0.2, -0.15) is 0 Å². The number of benzene rings is 11. The second-order valence-electron chi connectivity index (χ2n) is 23.4. The predicted molar refractivity (Wildman–Crippen MR) is 330 cm³/mol. The van der Waals surface area contributed by atoms with Gasteiger partial charge in [0.15, 0.2) is 0 Å². The fourth-order valence-electron chi connectivity index (χ4n) is 15.8. The Morgan fingerprint density at radius 2 is 0.787 bits per heavy atom. The van der Waals surface area contributed by atoms with Crippen molar-refractivity contribution in [2.75, 3.05) is 4.90 Å². The normalized spacial score (nSPS) is 16.4. The Morgan fingerprint density at radius 3 is 1.46 bits per heavy atom. The molecule has 0 amide bonds. The Bertz CT molecular complexity index is 4080. The number of para-hydroxylation sites is 2. The van der Waals surface area contributed by atoms with Gasteiger partial charge in [0.1, 0.15) is 11.5 Å². The topological polar surface area (TPSA) is 12.5 Å². The molecule has 0 atom stereocenters. The van der Waals surface area contributed by atoms with Gasteiger partial charge in [0.05, 0.1) is 16.5 Å². The van der Waals surface area contributed by atoms with E-state index in [2.05, 4.69) is 254 Å². The van der Waals surface area contributed by atoms with E-state index >= 15 is 0 Å². The zero-order valence-electron chi connectivity index (χ0n) is 45.3. The fourth-order valence-corrected chi connectivity index (χ4v) is 15.8. The first-order chi connectivity index (χ1) is 39.7. The number of hydrogen-bond acceptors (Lipinski definition) is 2. The van der Waals surface area contributed by atoms with Gasteiger partial charge < -0.3 is 9.64 Å². The number of fused-ring (bicyclic) bond motifs is 13. The Kier molecular flexibility index (Phi) is 11.2. The van der Waals surface area contributed by atoms with Gasteiger partial charge in [-0.1, -0.05) is 245 Å². The number of hydrogen-bond donors (Lipinski definition) is 0. The molecule has 4 aliphatic carbocycles. The largest absolute Gasteiger partial charge is 0.457 e. The fraction of sp³-hybridized carbons (Fsp3) is 0.179. The SMILES string of the molecule is c1ccc(C2(c3ccccc3)c3ccccc3-c3ccc(N(c4ccc5c(c4)C4(c6ccccc6O5)c5cc(C6CCCCC6)ccc5-c5ccc(C6CCCCC6)cc54)c4ccccc4-c4cccc5ccccc45)cc32)cc1. The minimum absolute atomic E-state index is 0.555. The molecule has 80 heavy (non-hydrogen) atoms. The van der Waals surface area contributed by atoms with E-state index in [-0.39, 0.29) is 0 Å². The summed E-state index contributed by atoms with van der Waals surface area (Å²) in [5, 5.41) is 2.46. The second kappa shape index (κ2) is 19.0. The van der Waals surface area contributed by atoms with Crippen LogP contribution >= 0.6 is 0 Å². The maximum Gasteiger partial charge on any atom is 0.132 e. The highest BCUT2D eigenvalue weighted by atomic mass is 16.5. The molecule has 1 aliphatic heterocycles. The summed E-state index contributed by atoms with van der Waals surface area (Å²) in [6.45, 7) is 0. The summed E-state index contributed by atoms with van der Waals surface area (Å²) >= 11 is 0. The van der Waals surface area contributed by atoms with Crippen LogP contribution in [0.5, 0.6) is 11.5 Å². The van der Waals surface area contributed by atoms with E-state index in [1.54, 1.807) is 0 Å². The molecule has 1 spiro atoms. The summed E-state index contributed by atoms with van der Waals surface area (Å²) in [5.74, 6) is 2.96. The molecule has 2 nitrogen and oxygen atoms in total. The van der Waals surface area contributed by atoms with Gasteiger partial charge >= 0.3 is 0 Å². The molecule has 16 rings (SSSR count). The van der Waals surface area contributed by atoms with Crippen LogP contribution in [0.3, 0.4) is 0 Å². The minimum Gasteiger partial charge on any atom is -0.457 e. The molecule has 0 radical (unpaired) electrons. The average Bonchev–Trinajstić information content (AvgIpc) is 4.06. The van der Waals surface area contributed by atoms with E-state index in [9.17, 15) is 0 Å². The Balaban J connectivity index is 0.987. The lowest BCUT2D eigenvalue weighted by atomic mass is 9.65. The van der Waals surface area contributed by atoms with Crippen LogP contribution in [0.1, 0.15) is 132 Å². The van der Waals surface area contributed by atoms with Gasteiger partial charge in [0.25, 0.3) is 0 Å². The molecule has 0 N–H and O–H groups in total. The highest BCUT2D eigenvalue weighted by Gasteiger charge is 2.52. The average molecular weight is 1030 g/mol. The van der Waals surface area contributed by atoms with Crippen molar-refractivity contribution < 1.29 is 4.74 Å². The highest BCUT2D eigenvalue weighted by Crippen LogP contribution is 2.64. The first-order valence-electron chi connectivity index (χ1n) is 29.6. The Hall–Kier alpha value is -8.72. The monoisotopic (exact) mass is 1030 g/mol. The maximum absolute atomic E-state index is 7.28. The highest BCUT2D eigenvalue weighted by molar-refractivity contribution is 6.02. The third-order valence-electron chi connectivity index (χ3n) is 19.4. The van der Waals surface area contributed by atoms with Crippen LogP contribution in [0.4, 0.5) is 17.1 Å². The molecule has 2 fully saturated rings. The molecule has 2 saturated carbocycles. The smallest absolute Gasteiger partial charge is 0.132 e. The van der Waals surface area contributed by atoms with Crippen molar-refractivity contribution in [3.8, 4) is 44.9 Å². The second-order valence-corrected chi connectivity index (χ2v) is 23.4. The van der Waals surface area contributed by atoms with E-state index in [0.717, 1.165) is 28.6 Å². The van der Waals surface area contributed by atoms with Gasteiger partial charge in [-0.25, -0.2) is 0 Å². The molecule has 11 aromatic carbocycles. The van der Waals surface area contributed by atoms with E-state index in [1.807, 2.05) is 0 Å². The Morgan fingerprint density at radius 1 is 0.312 bits per heavy atom. The minimum atomic E-state index is -0.642. The van der Waals surface area contributed by atoms with Gasteiger partial charge in [0, 0.05) is 28.1 Å². The van der Waals surface area contributed by atoms with Crippen molar-refractivity contribution in [3.63, 3.8) is 0 Å². The van der Waals surface area contributed by atoms with Gasteiger partial charge in [-0.15, -0.1) is 0 Å². The quantitative estimate of drug-likeness (QED) is 0.150. The third-order valence-corrected chi connectivity index (χ3v) is 19.4. The maximum atomic E-state index is 7.28. The van der Waals surface area contributed by atoms with Gasteiger partial charge in [0.2, 0.25) is 0 Å². The van der Waals surface area contributed by atoms with Crippen LogP contribution in [0, 0.1) is 0 Å². The molecule has 0 saturated heterocycles. The summed E-state index contributed by atoms with van der Waals surface area (Å²) in [6, 6.07) is 95.0. The lowest BCUT2D eigenvalue weighted by Gasteiger charge is -2.41. The molecule has 0 bridgehead atoms. The number of nitrogens with zero attached hydrogens (tertiary/aromatic N) is 1. The van der Waals surface area contributed by atoms with Gasteiger partial charge in [-0.05, 0) is 163 Å². The lowest BCUT2D eigenvalue weighted by Crippen LogP contribution is -2.33. The summed E-state index contributed by atoms with van der Waals surface area (Å²) in [4.78, 5) is 2.57. The molecule has 2 heteroatoms. The number of anilines is 3. The van der Waals surface area contributed by atoms with E-state index < -0.39 is 10.8 Å². The van der Waals surface area contributed by atoms with Crippen molar-refractivity contribution in [1.29, 1.82) is 0 Å². The molecule has 0 aromatic heterocycles. The van der Waals surface area contributed by atoms with Gasteiger partial charge in [-0.3, -0.25) is 0 Å². The first kappa shape index (κ1) is 47.3. The standard InChI is InChI=1S/C78H63NO/c1-5-22-52(23-6-1)55-40-44-64-65-45-41-56(53-24-7-2-8-25-53)49-71(65)78(70(64)48-55)69-37-18-20-39-75(69)80-76-47-43-60(51-73(76)78)79(74-38-19-16-34-67(74)62-35-21-27-54-26-13-14-32-61(54)62)59-42-46-66-63-33-15-17-36-68(63)77(72(66)50-59,57-28-9-3-10-29-57)58-30-11-4-12-31-58/h3-4,9-21,26-53H,1-2,5-8,22-25H2. The molecule has 5 aliphatic rings. The van der Waals surface area contributed by atoms with Crippen molar-refractivity contribution in [3.05, 3.63) is 304 Å². The molecule has 386 valence electrons. The summed E-state index contributed by atoms with van der Waals surface area (Å²) in [6.07, 6.45) is 12.8. The van der Waals surface area contributed by atoms with Crippen LogP contribution in [-0.4, -0.2) is 0 Å². The van der Waals surface area contributed by atoms with Crippen LogP contribution in [0.2, 0.25) is 0 Å². The molecular formula is C78H63NO. The van der Waals surface area contributed by atoms with Crippen molar-refractivity contribution in [1.82, 2.24) is 0 Å². The van der Waals surface area contributed by atoms with E-state index in [4.69, 9.17) is 4.74 Å². The number of ether oxygens (including phenoxy) is 1. The van der Waals surface area contributed by atoms with Crippen LogP contribution < -0.4 is 9.64 Å². The Labute approximate surface area is 471 Å². The van der Waals surface area contributed by atoms with Crippen molar-refractivity contribution in [2.24, 2.45) is 0 Å². The predicted octanol–water partition coefficient (Wildman–Crippen LogP) is 20.9. The summed E-state index contributed by atoms with van der Waals surface area (Å²) in [5.41, 5.74) is 22.9. The molecular weight excluding hydrogens is 967 g/mol. The van der Waals surface area contributed by atoms with E-state index in [1.165, 1.54) is 164 Å². The van der Waals surface area contributed by atoms with E-state index in [0.29, 0.717) is 11.8 Å². The molecule has 11 aromatic rings. The van der Waals surface area contributed by atoms with Crippen molar-refractivity contribution in [2.45, 2.75) is 86.9 Å². The van der Waals surface area contributed by atoms with Crippen LogP contribution in [0.15, 0.2) is 249 Å².